The highest BCUT2D eigenvalue weighted by Gasteiger charge is 2.36. The van der Waals surface area contributed by atoms with E-state index in [2.05, 4.69) is 31.1 Å². The Morgan fingerprint density at radius 2 is 1.93 bits per heavy atom. The number of nitrogens with one attached hydrogen (secondary N) is 2. The molecule has 216 valence electrons. The summed E-state index contributed by atoms with van der Waals surface area (Å²) in [5.74, 6) is 0.498. The second kappa shape index (κ2) is 11.4. The van der Waals surface area contributed by atoms with Crippen LogP contribution in [0.2, 0.25) is 0 Å². The summed E-state index contributed by atoms with van der Waals surface area (Å²) in [7, 11) is 4.69. The number of Topliss-reactive ketones (excluding diaryl/α,β-unsaturated/α-hetero) is 1. The first kappa shape index (κ1) is 29.3. The monoisotopic (exact) mass is 553 g/mol. The van der Waals surface area contributed by atoms with Crippen molar-refractivity contribution in [3.8, 4) is 11.5 Å². The molecule has 2 aliphatic heterocycles. The van der Waals surface area contributed by atoms with Gasteiger partial charge in [-0.25, -0.2) is 4.98 Å². The fourth-order valence-corrected chi connectivity index (χ4v) is 5.21. The molecule has 2 aliphatic rings. The Morgan fingerprint density at radius 1 is 1.20 bits per heavy atom. The van der Waals surface area contributed by atoms with E-state index in [9.17, 15) is 14.7 Å². The fraction of sp³-hybridized carbons (Fsp3) is 0.517. The quantitative estimate of drug-likeness (QED) is 0.400. The number of aromatic nitrogens is 1. The number of fused-ring (bicyclic) bond motifs is 1. The van der Waals surface area contributed by atoms with Crippen molar-refractivity contribution in [3.05, 3.63) is 46.3 Å². The van der Waals surface area contributed by atoms with Crippen LogP contribution in [0, 0.1) is 5.41 Å². The van der Waals surface area contributed by atoms with Crippen LogP contribution in [0.25, 0.3) is 0 Å². The number of anilines is 1. The molecule has 40 heavy (non-hydrogen) atoms. The third kappa shape index (κ3) is 5.48. The molecule has 3 heterocycles. The van der Waals surface area contributed by atoms with Crippen molar-refractivity contribution in [2.24, 2.45) is 0 Å². The second-order valence-electron chi connectivity index (χ2n) is 11.1. The zero-order valence-electron chi connectivity index (χ0n) is 24.3. The van der Waals surface area contributed by atoms with Crippen molar-refractivity contribution in [3.63, 3.8) is 0 Å². The Hall–Kier alpha value is -3.70. The van der Waals surface area contributed by atoms with E-state index in [1.54, 1.807) is 31.3 Å². The topological polar surface area (TPSA) is 137 Å². The second-order valence-corrected chi connectivity index (χ2v) is 11.1. The lowest BCUT2D eigenvalue weighted by Crippen LogP contribution is -2.31. The Balaban J connectivity index is 1.67. The zero-order chi connectivity index (χ0) is 29.4. The van der Waals surface area contributed by atoms with Gasteiger partial charge in [-0.3, -0.25) is 15.0 Å². The molecule has 11 nitrogen and oxygen atoms in total. The molecule has 3 N–H and O–H groups in total. The van der Waals surface area contributed by atoms with E-state index in [0.717, 1.165) is 16.8 Å². The number of amides is 1. The normalized spacial score (nSPS) is 18.6. The summed E-state index contributed by atoms with van der Waals surface area (Å²) in [6.45, 7) is 9.40. The summed E-state index contributed by atoms with van der Waals surface area (Å²) < 4.78 is 16.9. The fourth-order valence-electron chi connectivity index (χ4n) is 5.21. The van der Waals surface area contributed by atoms with Crippen molar-refractivity contribution in [1.29, 1.82) is 5.41 Å². The van der Waals surface area contributed by atoms with Crippen molar-refractivity contribution in [1.82, 2.24) is 15.2 Å². The van der Waals surface area contributed by atoms with E-state index in [4.69, 9.17) is 19.6 Å². The largest absolute Gasteiger partial charge is 0.494 e. The number of aliphatic hydroxyl groups excluding tert-OH is 1. The van der Waals surface area contributed by atoms with Crippen LogP contribution < -0.4 is 19.7 Å². The summed E-state index contributed by atoms with van der Waals surface area (Å²) in [5, 5.41) is 21.8. The minimum Gasteiger partial charge on any atom is -0.494 e. The van der Waals surface area contributed by atoms with Gasteiger partial charge >= 0.3 is 0 Å². The van der Waals surface area contributed by atoms with Crippen LogP contribution in [0.1, 0.15) is 65.4 Å². The molecule has 1 saturated heterocycles. The molecule has 2 atom stereocenters. The van der Waals surface area contributed by atoms with Gasteiger partial charge in [0.1, 0.15) is 23.4 Å². The van der Waals surface area contributed by atoms with Crippen LogP contribution in [0.5, 0.6) is 11.5 Å². The van der Waals surface area contributed by atoms with Gasteiger partial charge in [-0.2, -0.15) is 0 Å². The van der Waals surface area contributed by atoms with E-state index in [-0.39, 0.29) is 35.4 Å². The van der Waals surface area contributed by atoms with Gasteiger partial charge in [-0.15, -0.1) is 0 Å². The standard InChI is InChI=1S/C29H39N5O6/c1-8-40-22-11-17-12-34(27(30)24(17)32-25(22)28(37)31-5)13-20(35)16-9-18(29(2,3)4)26(39-7)19(10-16)33-14-21(36)23(15-33)38-6/h9-11,21,23,30,36H,8,12-15H2,1-7H3,(H,31,37). The molecule has 4 rings (SSSR count). The smallest absolute Gasteiger partial charge is 0.273 e. The molecule has 2 unspecified atom stereocenters. The number of pyridine rings is 1. The lowest BCUT2D eigenvalue weighted by Gasteiger charge is -2.29. The number of rotatable bonds is 9. The number of ketones is 1. The average molecular weight is 554 g/mol. The van der Waals surface area contributed by atoms with E-state index in [0.29, 0.717) is 49.0 Å². The highest BCUT2D eigenvalue weighted by molar-refractivity contribution is 6.06. The number of ether oxygens (including phenoxy) is 3. The van der Waals surface area contributed by atoms with Gasteiger partial charge in [0.05, 0.1) is 32.1 Å². The molecule has 0 aliphatic carbocycles. The molecule has 0 saturated carbocycles. The highest BCUT2D eigenvalue weighted by atomic mass is 16.5. The molecular formula is C29H39N5O6. The van der Waals surface area contributed by atoms with Crippen LogP contribution in [-0.2, 0) is 16.7 Å². The lowest BCUT2D eigenvalue weighted by atomic mass is 9.84. The SMILES string of the molecule is CCOc1cc2c(nc1C(=O)NC)C(=N)N(CC(=O)c1cc(N3CC(O)C(OC)C3)c(OC)c(C(C)(C)C)c1)C2. The average Bonchev–Trinajstić information content (AvgIpc) is 3.44. The van der Waals surface area contributed by atoms with E-state index in [1.165, 1.54) is 7.05 Å². The number of amidine groups is 1. The Morgan fingerprint density at radius 3 is 2.50 bits per heavy atom. The first-order valence-corrected chi connectivity index (χ1v) is 13.4. The van der Waals surface area contributed by atoms with Crippen molar-refractivity contribution < 1.29 is 28.9 Å². The van der Waals surface area contributed by atoms with Crippen LogP contribution >= 0.6 is 0 Å². The molecule has 1 fully saturated rings. The molecule has 11 heteroatoms. The molecule has 1 aromatic heterocycles. The Bertz CT molecular complexity index is 1320. The van der Waals surface area contributed by atoms with Crippen LogP contribution in [0.15, 0.2) is 18.2 Å². The molecule has 0 radical (unpaired) electrons. The number of carbonyl (C=O) groups is 2. The Labute approximate surface area is 234 Å². The number of benzene rings is 1. The van der Waals surface area contributed by atoms with Gasteiger partial charge < -0.3 is 34.4 Å². The molecule has 1 amide bonds. The van der Waals surface area contributed by atoms with Crippen LogP contribution in [0.4, 0.5) is 5.69 Å². The predicted molar refractivity (Wildman–Crippen MR) is 151 cm³/mol. The first-order chi connectivity index (χ1) is 18.9. The summed E-state index contributed by atoms with van der Waals surface area (Å²) in [5.41, 5.74) is 2.92. The number of β-amino-alcohol motifs (C(OH)–C–C–N with tert-alkyl or cyclic N) is 1. The maximum absolute atomic E-state index is 13.7. The number of hydrogen-bond acceptors (Lipinski definition) is 9. The highest BCUT2D eigenvalue weighted by Crippen LogP contribution is 2.41. The maximum Gasteiger partial charge on any atom is 0.273 e. The molecule has 0 spiro atoms. The third-order valence-electron chi connectivity index (χ3n) is 7.33. The number of carbonyl (C=O) groups excluding carboxylic acids is 2. The van der Waals surface area contributed by atoms with Gasteiger partial charge in [0.15, 0.2) is 17.2 Å². The van der Waals surface area contributed by atoms with Gasteiger partial charge in [0, 0.05) is 50.5 Å². The predicted octanol–water partition coefficient (Wildman–Crippen LogP) is 2.37. The number of hydrogen-bond donors (Lipinski definition) is 3. The third-order valence-corrected chi connectivity index (χ3v) is 7.33. The first-order valence-electron chi connectivity index (χ1n) is 13.4. The van der Waals surface area contributed by atoms with Crippen molar-refractivity contribution in [2.45, 2.75) is 51.9 Å². The maximum atomic E-state index is 13.7. The Kier molecular flexibility index (Phi) is 8.36. The molecule has 0 bridgehead atoms. The van der Waals surface area contributed by atoms with Crippen molar-refractivity contribution >= 4 is 23.2 Å². The minimum absolute atomic E-state index is 0.0485. The van der Waals surface area contributed by atoms with E-state index in [1.807, 2.05) is 17.9 Å². The summed E-state index contributed by atoms with van der Waals surface area (Å²) in [6.07, 6.45) is -1.01. The number of nitrogens with zero attached hydrogens (tertiary/aromatic N) is 3. The van der Waals surface area contributed by atoms with E-state index >= 15 is 0 Å². The summed E-state index contributed by atoms with van der Waals surface area (Å²) in [6, 6.07) is 5.37. The molecular weight excluding hydrogens is 514 g/mol. The van der Waals surface area contributed by atoms with Gasteiger partial charge in [-0.05, 0) is 30.5 Å². The number of aliphatic hydroxyl groups is 1. The van der Waals surface area contributed by atoms with Gasteiger partial charge in [0.2, 0.25) is 0 Å². The van der Waals surface area contributed by atoms with Crippen LogP contribution in [-0.4, -0.2) is 92.2 Å². The minimum atomic E-state index is -0.663. The number of methoxy groups -OCH3 is 2. The van der Waals surface area contributed by atoms with E-state index < -0.39 is 12.0 Å². The van der Waals surface area contributed by atoms with Crippen molar-refractivity contribution in [2.75, 3.05) is 52.4 Å². The summed E-state index contributed by atoms with van der Waals surface area (Å²) >= 11 is 0. The molecule has 2 aromatic rings. The summed E-state index contributed by atoms with van der Waals surface area (Å²) in [4.78, 5) is 34.2. The van der Waals surface area contributed by atoms with Gasteiger partial charge in [0.25, 0.3) is 5.91 Å². The van der Waals surface area contributed by atoms with Gasteiger partial charge in [-0.1, -0.05) is 20.8 Å². The molecule has 1 aromatic carbocycles. The zero-order valence-corrected chi connectivity index (χ0v) is 24.3. The van der Waals surface area contributed by atoms with Crippen LogP contribution in [0.3, 0.4) is 0 Å². The lowest BCUT2D eigenvalue weighted by molar-refractivity contribution is 0.0217.